The molecule has 3 rings (SSSR count). The van der Waals surface area contributed by atoms with Crippen LogP contribution in [0.5, 0.6) is 0 Å². The van der Waals surface area contributed by atoms with E-state index >= 15 is 0 Å². The monoisotopic (exact) mass is 437 g/mol. The van der Waals surface area contributed by atoms with E-state index in [1.165, 1.54) is 0 Å². The van der Waals surface area contributed by atoms with E-state index in [1.807, 2.05) is 56.8 Å². The fraction of sp³-hybridized carbons (Fsp3) is 0.0769. The number of fused-ring (bicyclic) bond motifs is 3. The molecule has 0 aliphatic carbocycles. The molecule has 1 nitrogen and oxygen atoms in total. The third-order valence-corrected chi connectivity index (χ3v) is 3.79. The number of halogens is 2. The lowest BCUT2D eigenvalue weighted by Crippen LogP contribution is -1.85. The van der Waals surface area contributed by atoms with Gasteiger partial charge in [-0.15, -0.1) is 0 Å². The maximum Gasteiger partial charge on any atom is 0.0641 e. The van der Waals surface area contributed by atoms with Crippen LogP contribution in [0.4, 0.5) is 0 Å². The molecule has 16 heavy (non-hydrogen) atoms. The molecule has 0 aliphatic rings. The molecule has 0 saturated carbocycles. The predicted octanol–water partition coefficient (Wildman–Crippen LogP) is 4.54. The molecule has 0 amide bonds. The van der Waals surface area contributed by atoms with E-state index in [9.17, 15) is 0 Å². The lowest BCUT2D eigenvalue weighted by molar-refractivity contribution is 1.01. The second kappa shape index (κ2) is 3.87. The largest absolute Gasteiger partial charge is 0.344 e. The fourth-order valence-electron chi connectivity index (χ4n) is 1.87. The van der Waals surface area contributed by atoms with Crippen molar-refractivity contribution in [2.45, 2.75) is 0 Å². The van der Waals surface area contributed by atoms with Crippen LogP contribution in [0.15, 0.2) is 36.3 Å². The van der Waals surface area contributed by atoms with Crippen molar-refractivity contribution in [2.24, 2.45) is 7.05 Å². The zero-order valence-corrected chi connectivity index (χ0v) is 12.7. The first kappa shape index (κ1) is 7.20. The van der Waals surface area contributed by atoms with E-state index in [0.717, 1.165) is 11.0 Å². The van der Waals surface area contributed by atoms with Crippen LogP contribution in [0.1, 0.15) is 5.48 Å². The van der Waals surface area contributed by atoms with Gasteiger partial charge >= 0.3 is 0 Å². The van der Waals surface area contributed by atoms with E-state index in [0.29, 0.717) is 42.1 Å². The molecule has 0 unspecified atom stereocenters. The van der Waals surface area contributed by atoms with E-state index < -0.39 is 0 Å². The first-order valence-corrected chi connectivity index (χ1v) is 6.83. The topological polar surface area (TPSA) is 4.93 Å². The number of nitrogens with zero attached hydrogens (tertiary/aromatic N) is 1. The molecular weight excluding hydrogens is 424 g/mol. The van der Waals surface area contributed by atoms with Crippen molar-refractivity contribution < 1.29 is 5.48 Å². The van der Waals surface area contributed by atoms with Crippen LogP contribution in [0.3, 0.4) is 0 Å². The Hall–Kier alpha value is -0.300. The Labute approximate surface area is 127 Å². The van der Waals surface area contributed by atoms with Crippen LogP contribution in [0, 0.1) is 7.14 Å². The third kappa shape index (κ3) is 1.55. The number of benzene rings is 2. The van der Waals surface area contributed by atoms with E-state index in [2.05, 4.69) is 0 Å². The van der Waals surface area contributed by atoms with E-state index in [-0.39, 0.29) is 0 Å². The zero-order valence-electron chi connectivity index (χ0n) is 12.4. The molecular formula is C13H9I2N. The number of aromatic nitrogens is 1. The quantitative estimate of drug-likeness (QED) is 0.456. The second-order valence-electron chi connectivity index (χ2n) is 3.53. The lowest BCUT2D eigenvalue weighted by Gasteiger charge is -1.97. The molecule has 1 aromatic heterocycles. The third-order valence-electron chi connectivity index (χ3n) is 2.63. The Bertz CT molecular complexity index is 815. The standard InChI is InChI=1S/C13H9I2N/c1-16-12-4-2-8(14)6-10(12)11-7-9(15)3-5-13(11)16/h2-7H,1H3/i2D,3D,6D,7D. The minimum Gasteiger partial charge on any atom is -0.344 e. The van der Waals surface area contributed by atoms with Gasteiger partial charge in [-0.3, -0.25) is 0 Å². The van der Waals surface area contributed by atoms with Gasteiger partial charge in [-0.25, -0.2) is 0 Å². The van der Waals surface area contributed by atoms with Gasteiger partial charge in [0.1, 0.15) is 0 Å². The summed E-state index contributed by atoms with van der Waals surface area (Å²) < 4.78 is 35.4. The van der Waals surface area contributed by atoms with Crippen LogP contribution in [0.25, 0.3) is 21.8 Å². The Balaban J connectivity index is 2.71. The summed E-state index contributed by atoms with van der Waals surface area (Å²) in [5.74, 6) is 0. The highest BCUT2D eigenvalue weighted by atomic mass is 127. The van der Waals surface area contributed by atoms with E-state index in [1.54, 1.807) is 12.1 Å². The van der Waals surface area contributed by atoms with Gasteiger partial charge < -0.3 is 4.57 Å². The summed E-state index contributed by atoms with van der Waals surface area (Å²) in [6, 6.07) is 4.68. The minimum absolute atomic E-state index is 0.292. The highest BCUT2D eigenvalue weighted by Gasteiger charge is 2.08. The molecule has 0 atom stereocenters. The number of rotatable bonds is 0. The molecule has 80 valence electrons. The first-order chi connectivity index (χ1) is 9.34. The summed E-state index contributed by atoms with van der Waals surface area (Å²) in [5.41, 5.74) is 1.54. The Morgan fingerprint density at radius 1 is 1.00 bits per heavy atom. The predicted molar refractivity (Wildman–Crippen MR) is 85.9 cm³/mol. The molecule has 3 heteroatoms. The number of hydrogen-bond donors (Lipinski definition) is 0. The van der Waals surface area contributed by atoms with Gasteiger partial charge in [0.05, 0.1) is 5.48 Å². The molecule has 1 heterocycles. The molecule has 0 spiro atoms. The van der Waals surface area contributed by atoms with Crippen molar-refractivity contribution in [3.05, 3.63) is 43.4 Å². The maximum atomic E-state index is 8.27. The van der Waals surface area contributed by atoms with Crippen LogP contribution >= 0.6 is 45.2 Å². The summed E-state index contributed by atoms with van der Waals surface area (Å²) in [5, 5.41) is 1.40. The second-order valence-corrected chi connectivity index (χ2v) is 5.69. The Kier molecular flexibility index (Phi) is 1.74. The van der Waals surface area contributed by atoms with Crippen LogP contribution in [0.2, 0.25) is 0 Å². The molecule has 0 saturated heterocycles. The molecule has 2 aromatic carbocycles. The first-order valence-electron chi connectivity index (χ1n) is 6.68. The SMILES string of the molecule is [2H]c1cc2c(c([2H])c1I)c1c([2H])c(I)c([2H])cc1n2C. The number of aryl methyl sites for hydroxylation is 1. The van der Waals surface area contributed by atoms with Crippen molar-refractivity contribution in [1.82, 2.24) is 4.57 Å². The summed E-state index contributed by atoms with van der Waals surface area (Å²) in [6.07, 6.45) is 0. The van der Waals surface area contributed by atoms with Crippen LogP contribution in [-0.4, -0.2) is 4.57 Å². The van der Waals surface area contributed by atoms with Gasteiger partial charge in [0.15, 0.2) is 0 Å². The van der Waals surface area contributed by atoms with E-state index in [4.69, 9.17) is 5.48 Å². The summed E-state index contributed by atoms with van der Waals surface area (Å²) in [4.78, 5) is 0. The summed E-state index contributed by atoms with van der Waals surface area (Å²) in [7, 11) is 1.85. The average Bonchev–Trinajstić information content (AvgIpc) is 2.68. The minimum atomic E-state index is 0.292. The molecule has 3 aromatic rings. The molecule has 0 fully saturated rings. The van der Waals surface area contributed by atoms with Gasteiger partial charge in [-0.2, -0.15) is 0 Å². The molecule has 0 radical (unpaired) electrons. The summed E-state index contributed by atoms with van der Waals surface area (Å²) >= 11 is 4.00. The van der Waals surface area contributed by atoms with Crippen LogP contribution in [-0.2, 0) is 7.05 Å². The highest BCUT2D eigenvalue weighted by Crippen LogP contribution is 2.30. The van der Waals surface area contributed by atoms with Crippen molar-refractivity contribution >= 4 is 67.0 Å². The van der Waals surface area contributed by atoms with Gasteiger partial charge in [0, 0.05) is 36.0 Å². The normalized spacial score (nSPS) is 14.9. The Morgan fingerprint density at radius 2 is 1.44 bits per heavy atom. The van der Waals surface area contributed by atoms with Gasteiger partial charge in [0.25, 0.3) is 0 Å². The molecule has 0 aliphatic heterocycles. The molecule has 0 N–H and O–H groups in total. The summed E-state index contributed by atoms with van der Waals surface area (Å²) in [6.45, 7) is 0. The van der Waals surface area contributed by atoms with Crippen molar-refractivity contribution in [3.8, 4) is 0 Å². The molecule has 0 bridgehead atoms. The maximum absolute atomic E-state index is 8.27. The average molecular weight is 437 g/mol. The van der Waals surface area contributed by atoms with Crippen molar-refractivity contribution in [1.29, 1.82) is 0 Å². The lowest BCUT2D eigenvalue weighted by atomic mass is 10.2. The fourth-order valence-corrected chi connectivity index (χ4v) is 2.72. The van der Waals surface area contributed by atoms with Crippen LogP contribution < -0.4 is 0 Å². The van der Waals surface area contributed by atoms with Crippen molar-refractivity contribution in [3.63, 3.8) is 0 Å². The van der Waals surface area contributed by atoms with Gasteiger partial charge in [0.2, 0.25) is 0 Å². The smallest absolute Gasteiger partial charge is 0.0641 e. The zero-order chi connectivity index (χ0) is 14.8. The Morgan fingerprint density at radius 3 is 1.88 bits per heavy atom. The van der Waals surface area contributed by atoms with Gasteiger partial charge in [-0.1, -0.05) is 0 Å². The van der Waals surface area contributed by atoms with Crippen molar-refractivity contribution in [2.75, 3.05) is 0 Å². The highest BCUT2D eigenvalue weighted by molar-refractivity contribution is 14.1. The number of hydrogen-bond acceptors (Lipinski definition) is 0. The van der Waals surface area contributed by atoms with Gasteiger partial charge in [-0.05, 0) is 81.5 Å².